The van der Waals surface area contributed by atoms with E-state index >= 15 is 0 Å². The number of fused-ring (bicyclic) bond motifs is 1. The molecule has 0 amide bonds. The molecule has 0 saturated heterocycles. The number of hydrogen-bond acceptors (Lipinski definition) is 4. The number of aromatic amines is 1. The molecule has 8 heteroatoms. The average molecular weight is 353 g/mol. The number of rotatable bonds is 3. The Hall–Kier alpha value is -2.25. The summed E-state index contributed by atoms with van der Waals surface area (Å²) in [5.41, 5.74) is 0.156. The molecule has 3 rings (SSSR count). The van der Waals surface area contributed by atoms with E-state index in [1.165, 1.54) is 12.1 Å². The summed E-state index contributed by atoms with van der Waals surface area (Å²) >= 11 is 6.90. The van der Waals surface area contributed by atoms with Crippen molar-refractivity contribution in [3.63, 3.8) is 0 Å². The second kappa shape index (κ2) is 5.75. The van der Waals surface area contributed by atoms with Crippen LogP contribution in [0.3, 0.4) is 0 Å². The van der Waals surface area contributed by atoms with Gasteiger partial charge in [0.2, 0.25) is 0 Å². The maximum absolute atomic E-state index is 13.8. The molecule has 2 N–H and O–H groups in total. The molecule has 23 heavy (non-hydrogen) atoms. The van der Waals surface area contributed by atoms with Crippen LogP contribution in [0.4, 0.5) is 4.39 Å². The molecule has 0 aliphatic heterocycles. The summed E-state index contributed by atoms with van der Waals surface area (Å²) in [5.74, 6) is -1.37. The molecule has 0 unspecified atom stereocenters. The number of hydrogen-bond donors (Lipinski definition) is 2. The Morgan fingerprint density at radius 2 is 2.22 bits per heavy atom. The molecule has 1 aromatic carbocycles. The first kappa shape index (κ1) is 15.6. The number of carbonyl (C=O) groups is 1. The van der Waals surface area contributed by atoms with Crippen LogP contribution < -0.4 is 5.56 Å². The highest BCUT2D eigenvalue weighted by Gasteiger charge is 2.19. The van der Waals surface area contributed by atoms with Gasteiger partial charge in [0.05, 0.1) is 5.39 Å². The second-order valence-electron chi connectivity index (χ2n) is 4.93. The zero-order valence-electron chi connectivity index (χ0n) is 11.8. The molecule has 0 atom stereocenters. The van der Waals surface area contributed by atoms with Gasteiger partial charge in [-0.15, -0.1) is 11.3 Å². The van der Waals surface area contributed by atoms with E-state index in [1.54, 1.807) is 13.0 Å². The molecule has 0 spiro atoms. The third kappa shape index (κ3) is 2.73. The van der Waals surface area contributed by atoms with E-state index in [2.05, 4.69) is 9.97 Å². The first-order valence-electron chi connectivity index (χ1n) is 6.57. The number of benzene rings is 1. The van der Waals surface area contributed by atoms with E-state index in [9.17, 15) is 14.0 Å². The standard InChI is InChI=1S/C15H10ClFN2O3S/c1-6-11-13(20)18-10(19-14(11)23-12(6)15(21)22)5-7-8(16)3-2-4-9(7)17/h2-4H,5H2,1H3,(H,21,22)(H,18,19,20). The molecule has 0 aliphatic carbocycles. The number of H-pyrrole nitrogens is 1. The Bertz CT molecular complexity index is 976. The number of nitrogens with one attached hydrogen (secondary N) is 1. The number of nitrogens with zero attached hydrogens (tertiary/aromatic N) is 1. The Morgan fingerprint density at radius 1 is 1.48 bits per heavy atom. The summed E-state index contributed by atoms with van der Waals surface area (Å²) in [7, 11) is 0. The molecule has 3 aromatic rings. The lowest BCUT2D eigenvalue weighted by atomic mass is 10.1. The lowest BCUT2D eigenvalue weighted by molar-refractivity contribution is 0.0701. The first-order chi connectivity index (χ1) is 10.9. The van der Waals surface area contributed by atoms with Crippen molar-refractivity contribution in [1.82, 2.24) is 9.97 Å². The topological polar surface area (TPSA) is 83.0 Å². The maximum Gasteiger partial charge on any atom is 0.346 e. The SMILES string of the molecule is Cc1c(C(=O)O)sc2nc(Cc3c(F)cccc3Cl)[nH]c(=O)c12. The van der Waals surface area contributed by atoms with Crippen LogP contribution >= 0.6 is 22.9 Å². The van der Waals surface area contributed by atoms with Crippen LogP contribution in [0.2, 0.25) is 5.02 Å². The predicted molar refractivity (Wildman–Crippen MR) is 86.2 cm³/mol. The third-order valence-corrected chi connectivity index (χ3v) is 4.98. The summed E-state index contributed by atoms with van der Waals surface area (Å²) in [4.78, 5) is 30.6. The fourth-order valence-corrected chi connectivity index (χ4v) is 3.61. The molecule has 2 heterocycles. The Kier molecular flexibility index (Phi) is 3.91. The normalized spacial score (nSPS) is 11.1. The number of carboxylic acids is 1. The van der Waals surface area contributed by atoms with Gasteiger partial charge in [-0.25, -0.2) is 14.2 Å². The summed E-state index contributed by atoms with van der Waals surface area (Å²) in [6.07, 6.45) is 0.00996. The molecule has 0 bridgehead atoms. The van der Waals surface area contributed by atoms with Gasteiger partial charge in [-0.3, -0.25) is 4.79 Å². The number of thiophene rings is 1. The van der Waals surface area contributed by atoms with Crippen LogP contribution in [0.15, 0.2) is 23.0 Å². The quantitative estimate of drug-likeness (QED) is 0.757. The number of aromatic carboxylic acids is 1. The molecule has 5 nitrogen and oxygen atoms in total. The van der Waals surface area contributed by atoms with Crippen LogP contribution in [0.5, 0.6) is 0 Å². The Morgan fingerprint density at radius 3 is 2.87 bits per heavy atom. The average Bonchev–Trinajstić information content (AvgIpc) is 2.81. The highest BCUT2D eigenvalue weighted by Crippen LogP contribution is 2.27. The van der Waals surface area contributed by atoms with Gasteiger partial charge < -0.3 is 10.1 Å². The van der Waals surface area contributed by atoms with Gasteiger partial charge in [-0.1, -0.05) is 17.7 Å². The summed E-state index contributed by atoms with van der Waals surface area (Å²) in [6.45, 7) is 1.56. The molecule has 0 saturated carbocycles. The van der Waals surface area contributed by atoms with Gasteiger partial charge in [0.15, 0.2) is 0 Å². The second-order valence-corrected chi connectivity index (χ2v) is 6.34. The van der Waals surface area contributed by atoms with Crippen LogP contribution in [0.1, 0.15) is 26.6 Å². The Balaban J connectivity index is 2.14. The monoisotopic (exact) mass is 352 g/mol. The van der Waals surface area contributed by atoms with Crippen molar-refractivity contribution < 1.29 is 14.3 Å². The van der Waals surface area contributed by atoms with Crippen molar-refractivity contribution in [2.75, 3.05) is 0 Å². The number of carboxylic acid groups (broad SMARTS) is 1. The van der Waals surface area contributed by atoms with E-state index in [0.717, 1.165) is 11.3 Å². The van der Waals surface area contributed by atoms with Crippen LogP contribution in [0.25, 0.3) is 10.2 Å². The third-order valence-electron chi connectivity index (χ3n) is 3.45. The molecule has 2 aromatic heterocycles. The Labute approximate surface area is 138 Å². The van der Waals surface area contributed by atoms with Crippen molar-refractivity contribution >= 4 is 39.1 Å². The first-order valence-corrected chi connectivity index (χ1v) is 7.76. The van der Waals surface area contributed by atoms with E-state index in [4.69, 9.17) is 16.7 Å². The van der Waals surface area contributed by atoms with Gasteiger partial charge in [-0.2, -0.15) is 0 Å². The van der Waals surface area contributed by atoms with E-state index < -0.39 is 17.3 Å². The van der Waals surface area contributed by atoms with Gasteiger partial charge >= 0.3 is 5.97 Å². The predicted octanol–water partition coefficient (Wildman–Crippen LogP) is 3.37. The van der Waals surface area contributed by atoms with Crippen molar-refractivity contribution in [2.24, 2.45) is 0 Å². The largest absolute Gasteiger partial charge is 0.477 e. The van der Waals surface area contributed by atoms with Crippen molar-refractivity contribution in [3.8, 4) is 0 Å². The van der Waals surface area contributed by atoms with E-state index in [-0.39, 0.29) is 33.1 Å². The van der Waals surface area contributed by atoms with E-state index in [1.807, 2.05) is 0 Å². The summed E-state index contributed by atoms with van der Waals surface area (Å²) in [6, 6.07) is 4.31. The van der Waals surface area contributed by atoms with Crippen LogP contribution in [-0.2, 0) is 6.42 Å². The van der Waals surface area contributed by atoms with E-state index in [0.29, 0.717) is 10.4 Å². The molecular weight excluding hydrogens is 343 g/mol. The van der Waals surface area contributed by atoms with Crippen LogP contribution in [0, 0.1) is 12.7 Å². The van der Waals surface area contributed by atoms with Gasteiger partial charge in [0.1, 0.15) is 21.3 Å². The van der Waals surface area contributed by atoms with Gasteiger partial charge in [0, 0.05) is 17.0 Å². The van der Waals surface area contributed by atoms with Crippen molar-refractivity contribution in [3.05, 3.63) is 61.2 Å². The van der Waals surface area contributed by atoms with Gasteiger partial charge in [-0.05, 0) is 24.6 Å². The molecule has 0 aliphatic rings. The zero-order chi connectivity index (χ0) is 16.7. The molecule has 0 radical (unpaired) electrons. The lowest BCUT2D eigenvalue weighted by Crippen LogP contribution is -2.12. The minimum atomic E-state index is -1.11. The highest BCUT2D eigenvalue weighted by atomic mass is 35.5. The molecule has 0 fully saturated rings. The minimum absolute atomic E-state index is 0.00996. The fraction of sp³-hybridized carbons (Fsp3) is 0.133. The lowest BCUT2D eigenvalue weighted by Gasteiger charge is -2.05. The smallest absolute Gasteiger partial charge is 0.346 e. The van der Waals surface area contributed by atoms with Crippen molar-refractivity contribution in [1.29, 1.82) is 0 Å². The number of aryl methyl sites for hydroxylation is 1. The number of aromatic nitrogens is 2. The molecule has 118 valence electrons. The van der Waals surface area contributed by atoms with Crippen LogP contribution in [-0.4, -0.2) is 21.0 Å². The number of halogens is 2. The zero-order valence-corrected chi connectivity index (χ0v) is 13.4. The van der Waals surface area contributed by atoms with Gasteiger partial charge in [0.25, 0.3) is 5.56 Å². The highest BCUT2D eigenvalue weighted by molar-refractivity contribution is 7.20. The maximum atomic E-state index is 13.8. The minimum Gasteiger partial charge on any atom is -0.477 e. The summed E-state index contributed by atoms with van der Waals surface area (Å²) in [5, 5.41) is 9.62. The molecular formula is C15H10ClFN2O3S. The fourth-order valence-electron chi connectivity index (χ4n) is 2.34. The summed E-state index contributed by atoms with van der Waals surface area (Å²) < 4.78 is 13.8. The van der Waals surface area contributed by atoms with Crippen molar-refractivity contribution in [2.45, 2.75) is 13.3 Å².